The first kappa shape index (κ1) is 21.4. The number of nitrogens with one attached hydrogen (secondary N) is 2. The van der Waals surface area contributed by atoms with Gasteiger partial charge in [0.25, 0.3) is 0 Å². The van der Waals surface area contributed by atoms with E-state index in [1.165, 1.54) is 5.00 Å². The number of pyridine rings is 1. The number of piperidine rings is 1. The van der Waals surface area contributed by atoms with E-state index in [0.717, 1.165) is 44.0 Å². The standard InChI is InChI=1S/C21H31N5O2S/c1-3-22-21(24-16-17-6-4-10-23-20(17)28-14-13-27-2)25-18-8-11-26(12-9-18)19-7-5-15-29-19/h4-7,10,15,18H,3,8-9,11-14,16H2,1-2H3,(H2,22,24,25). The third kappa shape index (κ3) is 6.61. The summed E-state index contributed by atoms with van der Waals surface area (Å²) in [7, 11) is 1.66. The van der Waals surface area contributed by atoms with Crippen molar-refractivity contribution in [2.75, 3.05) is 44.9 Å². The Hall–Kier alpha value is -2.32. The number of hydrogen-bond acceptors (Lipinski definition) is 6. The minimum absolute atomic E-state index is 0.426. The Morgan fingerprint density at radius 3 is 2.86 bits per heavy atom. The van der Waals surface area contributed by atoms with E-state index < -0.39 is 0 Å². The quantitative estimate of drug-likeness (QED) is 0.371. The molecule has 0 unspecified atom stereocenters. The smallest absolute Gasteiger partial charge is 0.218 e. The van der Waals surface area contributed by atoms with Crippen LogP contribution in [-0.2, 0) is 11.3 Å². The first-order valence-electron chi connectivity index (χ1n) is 10.2. The summed E-state index contributed by atoms with van der Waals surface area (Å²) in [4.78, 5) is 11.6. The van der Waals surface area contributed by atoms with Crippen LogP contribution in [-0.4, -0.2) is 56.9 Å². The van der Waals surface area contributed by atoms with Gasteiger partial charge >= 0.3 is 0 Å². The molecule has 0 bridgehead atoms. The topological polar surface area (TPSA) is 71.0 Å². The number of rotatable bonds is 9. The molecule has 0 amide bonds. The summed E-state index contributed by atoms with van der Waals surface area (Å²) >= 11 is 1.81. The number of guanidine groups is 1. The highest BCUT2D eigenvalue weighted by Gasteiger charge is 2.20. The van der Waals surface area contributed by atoms with Crippen molar-refractivity contribution < 1.29 is 9.47 Å². The van der Waals surface area contributed by atoms with Crippen molar-refractivity contribution in [2.45, 2.75) is 32.4 Å². The van der Waals surface area contributed by atoms with Crippen LogP contribution in [0.25, 0.3) is 0 Å². The molecule has 1 fully saturated rings. The Bertz CT molecular complexity index is 745. The van der Waals surface area contributed by atoms with E-state index in [1.54, 1.807) is 13.3 Å². The van der Waals surface area contributed by atoms with Gasteiger partial charge < -0.3 is 25.0 Å². The molecular formula is C21H31N5O2S. The number of hydrogen-bond donors (Lipinski definition) is 2. The van der Waals surface area contributed by atoms with Crippen LogP contribution < -0.4 is 20.3 Å². The van der Waals surface area contributed by atoms with E-state index in [2.05, 4.69) is 45.0 Å². The minimum Gasteiger partial charge on any atom is -0.475 e. The van der Waals surface area contributed by atoms with Gasteiger partial charge in [-0.05, 0) is 43.3 Å². The molecule has 0 saturated carbocycles. The van der Waals surface area contributed by atoms with Crippen LogP contribution >= 0.6 is 11.3 Å². The van der Waals surface area contributed by atoms with E-state index in [4.69, 9.17) is 14.5 Å². The maximum atomic E-state index is 5.72. The summed E-state index contributed by atoms with van der Waals surface area (Å²) in [5, 5.41) is 10.5. The third-order valence-corrected chi connectivity index (χ3v) is 5.71. The van der Waals surface area contributed by atoms with Crippen molar-refractivity contribution >= 4 is 22.3 Å². The van der Waals surface area contributed by atoms with Crippen molar-refractivity contribution in [1.82, 2.24) is 15.6 Å². The van der Waals surface area contributed by atoms with Gasteiger partial charge in [-0.1, -0.05) is 6.07 Å². The maximum Gasteiger partial charge on any atom is 0.218 e. The molecule has 29 heavy (non-hydrogen) atoms. The fourth-order valence-corrected chi connectivity index (χ4v) is 4.05. The van der Waals surface area contributed by atoms with Gasteiger partial charge in [0, 0.05) is 44.5 Å². The Labute approximate surface area is 177 Å². The van der Waals surface area contributed by atoms with E-state index in [1.807, 2.05) is 23.5 Å². The molecule has 8 heteroatoms. The van der Waals surface area contributed by atoms with E-state index in [-0.39, 0.29) is 0 Å². The van der Waals surface area contributed by atoms with Crippen LogP contribution in [0, 0.1) is 0 Å². The van der Waals surface area contributed by atoms with Crippen LogP contribution in [0.1, 0.15) is 25.3 Å². The van der Waals surface area contributed by atoms with Crippen molar-refractivity contribution in [3.05, 3.63) is 41.4 Å². The molecule has 2 aromatic heterocycles. The Morgan fingerprint density at radius 2 is 2.14 bits per heavy atom. The highest BCUT2D eigenvalue weighted by molar-refractivity contribution is 7.14. The number of thiophene rings is 1. The van der Waals surface area contributed by atoms with Gasteiger partial charge in [-0.25, -0.2) is 9.98 Å². The van der Waals surface area contributed by atoms with Gasteiger partial charge in [-0.15, -0.1) is 11.3 Å². The number of aliphatic imine (C=N–C) groups is 1. The molecule has 1 aliphatic heterocycles. The van der Waals surface area contributed by atoms with E-state index in [0.29, 0.717) is 31.7 Å². The molecule has 0 radical (unpaired) electrons. The average molecular weight is 418 g/mol. The zero-order valence-corrected chi connectivity index (χ0v) is 18.1. The monoisotopic (exact) mass is 417 g/mol. The summed E-state index contributed by atoms with van der Waals surface area (Å²) < 4.78 is 10.8. The second kappa shape index (κ2) is 11.6. The summed E-state index contributed by atoms with van der Waals surface area (Å²) in [5.74, 6) is 1.46. The molecule has 0 aromatic carbocycles. The summed E-state index contributed by atoms with van der Waals surface area (Å²) in [6, 6.07) is 8.65. The molecule has 1 saturated heterocycles. The fourth-order valence-electron chi connectivity index (χ4n) is 3.27. The van der Waals surface area contributed by atoms with Crippen molar-refractivity contribution in [3.63, 3.8) is 0 Å². The highest BCUT2D eigenvalue weighted by Crippen LogP contribution is 2.24. The molecule has 0 atom stereocenters. The van der Waals surface area contributed by atoms with E-state index >= 15 is 0 Å². The largest absolute Gasteiger partial charge is 0.475 e. The summed E-state index contributed by atoms with van der Waals surface area (Å²) in [5.41, 5.74) is 0.966. The van der Waals surface area contributed by atoms with Gasteiger partial charge in [0.2, 0.25) is 5.88 Å². The van der Waals surface area contributed by atoms with Gasteiger partial charge in [-0.3, -0.25) is 0 Å². The number of methoxy groups -OCH3 is 1. The van der Waals surface area contributed by atoms with Gasteiger partial charge in [0.05, 0.1) is 18.2 Å². The normalized spacial score (nSPS) is 15.4. The average Bonchev–Trinajstić information content (AvgIpc) is 3.29. The molecule has 3 rings (SSSR count). The summed E-state index contributed by atoms with van der Waals surface area (Å²) in [6.07, 6.45) is 3.93. The molecule has 0 spiro atoms. The number of nitrogens with zero attached hydrogens (tertiary/aromatic N) is 3. The number of ether oxygens (including phenoxy) is 2. The SMILES string of the molecule is CCNC(=NCc1cccnc1OCCOC)NC1CCN(c2cccs2)CC1. The first-order valence-corrected chi connectivity index (χ1v) is 11.1. The predicted octanol–water partition coefficient (Wildman–Crippen LogP) is 2.89. The molecule has 2 N–H and O–H groups in total. The van der Waals surface area contributed by atoms with Gasteiger partial charge in [0.1, 0.15) is 6.61 Å². The zero-order valence-electron chi connectivity index (χ0n) is 17.3. The lowest BCUT2D eigenvalue weighted by molar-refractivity contribution is 0.143. The third-order valence-electron chi connectivity index (χ3n) is 4.78. The Kier molecular flexibility index (Phi) is 8.58. The first-order chi connectivity index (χ1) is 14.3. The molecule has 0 aliphatic carbocycles. The van der Waals surface area contributed by atoms with Gasteiger partial charge in [0.15, 0.2) is 5.96 Å². The second-order valence-corrected chi connectivity index (χ2v) is 7.79. The van der Waals surface area contributed by atoms with Crippen molar-refractivity contribution in [1.29, 1.82) is 0 Å². The lowest BCUT2D eigenvalue weighted by Crippen LogP contribution is -2.48. The molecule has 1 aliphatic rings. The number of aromatic nitrogens is 1. The van der Waals surface area contributed by atoms with E-state index in [9.17, 15) is 0 Å². The van der Waals surface area contributed by atoms with Crippen molar-refractivity contribution in [2.24, 2.45) is 4.99 Å². The van der Waals surface area contributed by atoms with Crippen LogP contribution in [0.3, 0.4) is 0 Å². The molecule has 158 valence electrons. The minimum atomic E-state index is 0.426. The lowest BCUT2D eigenvalue weighted by Gasteiger charge is -2.33. The summed E-state index contributed by atoms with van der Waals surface area (Å²) in [6.45, 7) is 6.57. The number of anilines is 1. The maximum absolute atomic E-state index is 5.72. The lowest BCUT2D eigenvalue weighted by atomic mass is 10.1. The molecular weight excluding hydrogens is 386 g/mol. The van der Waals surface area contributed by atoms with Crippen LogP contribution in [0.5, 0.6) is 5.88 Å². The highest BCUT2D eigenvalue weighted by atomic mass is 32.1. The Morgan fingerprint density at radius 1 is 1.28 bits per heavy atom. The van der Waals surface area contributed by atoms with Gasteiger partial charge in [-0.2, -0.15) is 0 Å². The van der Waals surface area contributed by atoms with Crippen molar-refractivity contribution in [3.8, 4) is 5.88 Å². The second-order valence-electron chi connectivity index (χ2n) is 6.86. The zero-order chi connectivity index (χ0) is 20.3. The molecule has 7 nitrogen and oxygen atoms in total. The molecule has 3 heterocycles. The van der Waals surface area contributed by atoms with Crippen LogP contribution in [0.15, 0.2) is 40.8 Å². The molecule has 2 aromatic rings. The van der Waals surface area contributed by atoms with Crippen LogP contribution in [0.2, 0.25) is 0 Å². The van der Waals surface area contributed by atoms with Crippen LogP contribution in [0.4, 0.5) is 5.00 Å². The fraction of sp³-hybridized carbons (Fsp3) is 0.524. The Balaban J connectivity index is 1.55. The predicted molar refractivity (Wildman–Crippen MR) is 119 cm³/mol.